The highest BCUT2D eigenvalue weighted by atomic mass is 16.8. The minimum absolute atomic E-state index is 0.749. The Bertz CT molecular complexity index is 3780. The van der Waals surface area contributed by atoms with E-state index in [1.165, 1.54) is 0 Å². The summed E-state index contributed by atoms with van der Waals surface area (Å²) in [6.07, 6.45) is -94.9. The summed E-state index contributed by atoms with van der Waals surface area (Å²) in [5.74, 6) is -31.0. The minimum atomic E-state index is -3.97. The van der Waals surface area contributed by atoms with Crippen LogP contribution in [-0.2, 0) is 114 Å². The molecular weight excluding hydrogens is 1810 g/mol. The molecule has 0 aliphatic carbocycles. The number of aliphatic carboxylic acids is 4. The summed E-state index contributed by atoms with van der Waals surface area (Å²) in [6.45, 7) is -14.5. The van der Waals surface area contributed by atoms with Crippen molar-refractivity contribution in [2.45, 2.75) is 307 Å². The summed E-state index contributed by atoms with van der Waals surface area (Å²) in [6, 6.07) is -11.0. The van der Waals surface area contributed by atoms with Crippen LogP contribution < -0.4 is 26.6 Å². The Morgan fingerprint density at radius 1 is 0.328 bits per heavy atom. The second-order valence-electron chi connectivity index (χ2n) is 31.8. The van der Waals surface area contributed by atoms with Gasteiger partial charge < -0.3 is 261 Å². The Morgan fingerprint density at radius 2 is 0.634 bits per heavy atom. The van der Waals surface area contributed by atoms with Gasteiger partial charge in [-0.05, 0) is 0 Å². The Kier molecular flexibility index (Phi) is 39.0. The van der Waals surface area contributed by atoms with Crippen LogP contribution in [0, 0.1) is 0 Å². The minimum Gasteiger partial charge on any atom is -0.477 e. The predicted octanol–water partition coefficient (Wildman–Crippen LogP) is -24.0. The average Bonchev–Trinajstić information content (AvgIpc) is 0.787. The average molecular weight is 1920 g/mol. The van der Waals surface area contributed by atoms with Crippen molar-refractivity contribution in [3.8, 4) is 0 Å². The van der Waals surface area contributed by atoms with Crippen molar-refractivity contribution >= 4 is 53.4 Å². The van der Waals surface area contributed by atoms with E-state index in [0.717, 1.165) is 13.8 Å². The molecule has 8 aliphatic heterocycles. The van der Waals surface area contributed by atoms with Crippen molar-refractivity contribution < 1.29 is 278 Å². The first-order chi connectivity index (χ1) is 61.5. The maximum Gasteiger partial charge on any atom is 0.364 e. The molecule has 61 nitrogen and oxygen atoms in total. The lowest BCUT2D eigenvalue weighted by molar-refractivity contribution is -0.405. The molecule has 61 heteroatoms. The zero-order valence-corrected chi connectivity index (χ0v) is 68.8. The number of hydrogen-bond acceptors (Lipinski definition) is 52. The van der Waals surface area contributed by atoms with Gasteiger partial charge in [0.1, 0.15) is 191 Å². The van der Waals surface area contributed by atoms with E-state index in [1.54, 1.807) is 0 Å². The third-order valence-electron chi connectivity index (χ3n) is 22.9. The molecule has 8 saturated heterocycles. The summed E-state index contributed by atoms with van der Waals surface area (Å²) in [5, 5.41) is 365. The number of aliphatic hydroxyl groups excluding tert-OH is 28. The van der Waals surface area contributed by atoms with Gasteiger partial charge in [0.2, 0.25) is 29.5 Å². The predicted molar refractivity (Wildman–Crippen MR) is 395 cm³/mol. The van der Waals surface area contributed by atoms with Crippen LogP contribution in [0.25, 0.3) is 0 Å². The van der Waals surface area contributed by atoms with Crippen LogP contribution in [0.2, 0.25) is 0 Å². The van der Waals surface area contributed by atoms with Crippen molar-refractivity contribution in [1.82, 2.24) is 26.6 Å². The molecule has 0 aromatic rings. The van der Waals surface area contributed by atoms with Crippen LogP contribution in [0.5, 0.6) is 0 Å². The third-order valence-corrected chi connectivity index (χ3v) is 22.9. The van der Waals surface area contributed by atoms with Crippen LogP contribution in [0.15, 0.2) is 0 Å². The number of ether oxygens (including phenoxy) is 15. The number of hydrogen-bond donors (Lipinski definition) is 37. The molecule has 8 heterocycles. The van der Waals surface area contributed by atoms with Crippen molar-refractivity contribution in [1.29, 1.82) is 0 Å². The van der Waals surface area contributed by atoms with Gasteiger partial charge in [-0.3, -0.25) is 24.0 Å². The normalized spacial score (nSPS) is 41.8. The molecule has 37 N–H and O–H groups in total. The molecule has 0 unspecified atom stereocenters. The van der Waals surface area contributed by atoms with E-state index >= 15 is 0 Å². The molecule has 8 aliphatic rings. The lowest BCUT2D eigenvalue weighted by Gasteiger charge is -2.53. The summed E-state index contributed by atoms with van der Waals surface area (Å²) < 4.78 is 87.1. The van der Waals surface area contributed by atoms with Crippen LogP contribution in [0.1, 0.15) is 39.5 Å². The van der Waals surface area contributed by atoms with Gasteiger partial charge in [-0.15, -0.1) is 0 Å². The van der Waals surface area contributed by atoms with Gasteiger partial charge in [-0.2, -0.15) is 0 Å². The third kappa shape index (κ3) is 24.0. The number of aliphatic hydroxyl groups is 28. The van der Waals surface area contributed by atoms with Crippen LogP contribution >= 0.6 is 0 Å². The molecule has 0 aromatic carbocycles. The smallest absolute Gasteiger partial charge is 0.364 e. The van der Waals surface area contributed by atoms with Crippen molar-refractivity contribution in [2.75, 3.05) is 72.7 Å². The van der Waals surface area contributed by atoms with Gasteiger partial charge in [-0.25, -0.2) is 19.2 Å². The van der Waals surface area contributed by atoms with Crippen molar-refractivity contribution in [2.24, 2.45) is 0 Å². The summed E-state index contributed by atoms with van der Waals surface area (Å²) in [4.78, 5) is 120. The molecule has 8 rings (SSSR count). The number of carbonyl (C=O) groups excluding carboxylic acids is 5. The van der Waals surface area contributed by atoms with Gasteiger partial charge in [0.05, 0.1) is 101 Å². The Labute approximate surface area is 735 Å². The highest BCUT2D eigenvalue weighted by molar-refractivity contribution is 5.81. The van der Waals surface area contributed by atoms with E-state index < -0.39 is 420 Å². The van der Waals surface area contributed by atoms with E-state index in [1.807, 2.05) is 16.0 Å². The van der Waals surface area contributed by atoms with Gasteiger partial charge >= 0.3 is 23.9 Å². The number of rotatable bonds is 42. The largest absolute Gasteiger partial charge is 0.477 e. The van der Waals surface area contributed by atoms with E-state index in [9.17, 15) is 207 Å². The zero-order valence-electron chi connectivity index (χ0n) is 68.8. The quantitative estimate of drug-likeness (QED) is 0.0270. The first-order valence-electron chi connectivity index (χ1n) is 40.2. The molecule has 0 bridgehead atoms. The first-order valence-corrected chi connectivity index (χ1v) is 40.2. The fourth-order valence-corrected chi connectivity index (χ4v) is 16.3. The molecule has 754 valence electrons. The van der Waals surface area contributed by atoms with E-state index in [0.29, 0.717) is 0 Å². The topological polar surface area (TPSA) is 1000 Å². The highest BCUT2D eigenvalue weighted by Crippen LogP contribution is 2.46. The van der Waals surface area contributed by atoms with E-state index in [-0.39, 0.29) is 0 Å². The monoisotopic (exact) mass is 1920 g/mol. The molecule has 0 saturated carbocycles. The molecule has 0 aromatic heterocycles. The van der Waals surface area contributed by atoms with Crippen molar-refractivity contribution in [3.63, 3.8) is 0 Å². The second-order valence-corrected chi connectivity index (χ2v) is 31.8. The number of amides is 5. The van der Waals surface area contributed by atoms with Crippen LogP contribution in [0.3, 0.4) is 0 Å². The molecule has 8 fully saturated rings. The molecule has 0 spiro atoms. The van der Waals surface area contributed by atoms with Crippen LogP contribution in [0.4, 0.5) is 0 Å². The fraction of sp³-hybridized carbons (Fsp3) is 0.871. The van der Waals surface area contributed by atoms with Crippen molar-refractivity contribution in [3.05, 3.63) is 0 Å². The molecular formula is C70H113N5O56. The van der Waals surface area contributed by atoms with Gasteiger partial charge in [-0.1, -0.05) is 0 Å². The molecule has 5 amide bonds. The van der Waals surface area contributed by atoms with Gasteiger partial charge in [0, 0.05) is 39.5 Å². The van der Waals surface area contributed by atoms with Gasteiger partial charge in [0.15, 0.2) is 25.2 Å². The number of nitrogens with one attached hydrogen (secondary N) is 5. The number of carbonyl (C=O) groups is 9. The molecule has 44 atom stereocenters. The second kappa shape index (κ2) is 46.6. The Balaban J connectivity index is 1.20. The maximum absolute atomic E-state index is 14.5. The lowest BCUT2D eigenvalue weighted by Crippen LogP contribution is -2.73. The molecule has 131 heavy (non-hydrogen) atoms. The standard InChI is InChI=1S/C70H113N5O56/c1-18(87)71-35-20(89)3-68(64(111)112,128-55(35)44(102)28(11-80)124-67(63(109)110)4-21(90)36(73-32(95)15-84)53(126-67)40(98)24(93)7-76)125-29(12-81)45(103)56-38(75-34(97)17-86)23(92)6-70(129-56,66(115)116)131-58-49(107)62(121-50-30(13-82)117-59(108)47(105)46(50)104)120-31(14-83)51(58)122-60-39(72-19(2)88)52(42(100)26(9-78)118-60)123-61-48(106)57(43(101)27(10-79)119-61)130-69(65(113)114)5-22(91)37(74-33(96)16-85)54(127-69)41(99)25(94)8-77/h20-31,35-62,76-86,89-94,98-108H,3-17H2,1-2H3,(H,71,87)(H,72,88)(H,73,95)(H,74,96)(H,75,97)(H,109,110)(H,111,112)(H,113,114)(H,115,116)/t20-,21-,22-,23-,24+,25+,26+,27+,28+,29+,30+,31+,35+,36+,37+,38+,39+,40+,41+,42-,43-,44+,45+,46+,47+,48+,49+,50+,51-,52+,53+,54+,55+,56+,57-,58+,59+,60-,61-,62-,67+,68+,69-,70-/m0/s1. The SMILES string of the molecule is CC(=O)N[C@H]1[C@H](O[C@@H]2[C@H](O[C@]3(C(=O)O)C[C@H](O)[C@@H](NC(=O)CO)[C@H]([C@H](O)[C@@H](CO)O[C@]4(C(=O)O)C[C@H](O)[C@@H](NC(C)=O)[C@H]([C@H](O)[C@@H](CO)O[C@]5(C(=O)O)C[C@H](O)[C@@H](NC(=O)CO)[C@H]([C@H](O)[C@H](O)CO)O5)O4)O3)[C@@H](O)[C@H](O[C@H]3[C@H](O)[C@@H](O)[C@H](O)O[C@@H]3CO)O[C@@H]2CO)O[C@H](CO)[C@H](O)[C@@H]1O[C@@H]1O[C@H](CO)[C@H](O)[C@H](O[C@]2(C(=O)O)C[C@H](O)[C@@H](NC(=O)CO)[C@H]([C@H](O)[C@H](O)CO)O2)[C@H]1O. The van der Waals surface area contributed by atoms with Gasteiger partial charge in [0.25, 0.3) is 23.1 Å². The number of carboxylic acids is 4. The Hall–Kier alpha value is -6.49. The Morgan fingerprint density at radius 3 is 0.992 bits per heavy atom. The maximum atomic E-state index is 14.5. The van der Waals surface area contributed by atoms with Crippen LogP contribution in [-0.4, -0.2) is 557 Å². The van der Waals surface area contributed by atoms with E-state index in [2.05, 4.69) is 10.6 Å². The molecule has 0 radical (unpaired) electrons. The summed E-state index contributed by atoms with van der Waals surface area (Å²) in [7, 11) is 0. The summed E-state index contributed by atoms with van der Waals surface area (Å²) in [5.41, 5.74) is 0. The lowest BCUT2D eigenvalue weighted by atomic mass is 9.86. The van der Waals surface area contributed by atoms with E-state index in [4.69, 9.17) is 71.1 Å². The summed E-state index contributed by atoms with van der Waals surface area (Å²) >= 11 is 0. The highest BCUT2D eigenvalue weighted by Gasteiger charge is 2.67. The number of carboxylic acid groups (broad SMARTS) is 4. The zero-order chi connectivity index (χ0) is 98.0. The first kappa shape index (κ1) is 110. The fourth-order valence-electron chi connectivity index (χ4n) is 16.3.